The Kier molecular flexibility index (Phi) is 4.08. The van der Waals surface area contributed by atoms with E-state index < -0.39 is 17.9 Å². The van der Waals surface area contributed by atoms with Gasteiger partial charge in [-0.1, -0.05) is 6.92 Å². The standard InChI is InChI=1S/C9H13ClN2O3/c1-2-6-9(15)11-7(13)5-12(6)8(14)3-4-10/h6H,2-5H2,1H3,(H,11,13,15). The molecule has 0 aliphatic carbocycles. The Morgan fingerprint density at radius 1 is 1.60 bits per heavy atom. The van der Waals surface area contributed by atoms with Crippen LogP contribution in [-0.4, -0.2) is 41.1 Å². The summed E-state index contributed by atoms with van der Waals surface area (Å²) in [6.07, 6.45) is 0.645. The number of hydrogen-bond donors (Lipinski definition) is 1. The first-order valence-electron chi connectivity index (χ1n) is 4.79. The number of imide groups is 1. The SMILES string of the molecule is CCC1C(=O)NC(=O)CN1C(=O)CCCl. The first kappa shape index (κ1) is 12.0. The third-order valence-electron chi connectivity index (χ3n) is 2.27. The summed E-state index contributed by atoms with van der Waals surface area (Å²) < 4.78 is 0. The molecule has 1 saturated heterocycles. The van der Waals surface area contributed by atoms with E-state index in [1.54, 1.807) is 6.92 Å². The molecule has 0 aromatic rings. The molecule has 6 heteroatoms. The van der Waals surface area contributed by atoms with Crippen molar-refractivity contribution in [1.29, 1.82) is 0 Å². The monoisotopic (exact) mass is 232 g/mol. The zero-order chi connectivity index (χ0) is 11.4. The van der Waals surface area contributed by atoms with E-state index in [1.807, 2.05) is 0 Å². The molecule has 15 heavy (non-hydrogen) atoms. The van der Waals surface area contributed by atoms with Crippen molar-refractivity contribution in [2.24, 2.45) is 0 Å². The Balaban J connectivity index is 2.77. The zero-order valence-electron chi connectivity index (χ0n) is 8.46. The molecule has 84 valence electrons. The molecule has 1 rings (SSSR count). The summed E-state index contributed by atoms with van der Waals surface area (Å²) in [6.45, 7) is 1.74. The normalized spacial score (nSPS) is 21.5. The molecule has 0 bridgehead atoms. The summed E-state index contributed by atoms with van der Waals surface area (Å²) in [7, 11) is 0. The number of amides is 3. The third kappa shape index (κ3) is 2.68. The highest BCUT2D eigenvalue weighted by Gasteiger charge is 2.34. The first-order valence-corrected chi connectivity index (χ1v) is 5.32. The fourth-order valence-electron chi connectivity index (χ4n) is 1.56. The maximum absolute atomic E-state index is 11.6. The lowest BCUT2D eigenvalue weighted by Gasteiger charge is -2.33. The lowest BCUT2D eigenvalue weighted by molar-refractivity contribution is -0.150. The summed E-state index contributed by atoms with van der Waals surface area (Å²) >= 11 is 5.45. The molecule has 1 N–H and O–H groups in total. The highest BCUT2D eigenvalue weighted by molar-refractivity contribution is 6.19. The van der Waals surface area contributed by atoms with E-state index in [2.05, 4.69) is 5.32 Å². The smallest absolute Gasteiger partial charge is 0.249 e. The van der Waals surface area contributed by atoms with Gasteiger partial charge in [-0.3, -0.25) is 19.7 Å². The Bertz CT molecular complexity index is 293. The van der Waals surface area contributed by atoms with E-state index in [4.69, 9.17) is 11.6 Å². The molecule has 1 aliphatic heterocycles. The number of carbonyl (C=O) groups is 3. The molecule has 5 nitrogen and oxygen atoms in total. The zero-order valence-corrected chi connectivity index (χ0v) is 9.21. The van der Waals surface area contributed by atoms with Crippen LogP contribution in [0.5, 0.6) is 0 Å². The maximum atomic E-state index is 11.6. The van der Waals surface area contributed by atoms with Crippen LogP contribution in [0.1, 0.15) is 19.8 Å². The molecule has 1 unspecified atom stereocenters. The van der Waals surface area contributed by atoms with Crippen LogP contribution in [-0.2, 0) is 14.4 Å². The Morgan fingerprint density at radius 3 is 2.80 bits per heavy atom. The van der Waals surface area contributed by atoms with E-state index in [0.29, 0.717) is 6.42 Å². The molecule has 0 radical (unpaired) electrons. The van der Waals surface area contributed by atoms with Crippen molar-refractivity contribution in [3.8, 4) is 0 Å². The van der Waals surface area contributed by atoms with Crippen LogP contribution in [0.15, 0.2) is 0 Å². The quantitative estimate of drug-likeness (QED) is 0.545. The molecule has 1 aliphatic rings. The van der Waals surface area contributed by atoms with Gasteiger partial charge in [-0.25, -0.2) is 0 Å². The number of nitrogens with zero attached hydrogens (tertiary/aromatic N) is 1. The van der Waals surface area contributed by atoms with Gasteiger partial charge in [0.2, 0.25) is 17.7 Å². The summed E-state index contributed by atoms with van der Waals surface area (Å²) in [4.78, 5) is 35.4. The lowest BCUT2D eigenvalue weighted by atomic mass is 10.1. The molecule has 0 aromatic heterocycles. The second kappa shape index (κ2) is 5.11. The molecular weight excluding hydrogens is 220 g/mol. The van der Waals surface area contributed by atoms with Crippen molar-refractivity contribution in [1.82, 2.24) is 10.2 Å². The number of piperazine rings is 1. The number of hydrogen-bond acceptors (Lipinski definition) is 3. The van der Waals surface area contributed by atoms with Gasteiger partial charge < -0.3 is 4.90 Å². The Morgan fingerprint density at radius 2 is 2.27 bits per heavy atom. The van der Waals surface area contributed by atoms with Crippen LogP contribution >= 0.6 is 11.6 Å². The van der Waals surface area contributed by atoms with Gasteiger partial charge in [0.05, 0.1) is 0 Å². The topological polar surface area (TPSA) is 66.5 Å². The molecule has 0 saturated carbocycles. The van der Waals surface area contributed by atoms with Crippen molar-refractivity contribution >= 4 is 29.3 Å². The van der Waals surface area contributed by atoms with E-state index >= 15 is 0 Å². The van der Waals surface area contributed by atoms with Crippen LogP contribution in [0, 0.1) is 0 Å². The van der Waals surface area contributed by atoms with Crippen LogP contribution in [0.4, 0.5) is 0 Å². The number of alkyl halides is 1. The molecule has 0 spiro atoms. The van der Waals surface area contributed by atoms with Crippen LogP contribution in [0.2, 0.25) is 0 Å². The van der Waals surface area contributed by atoms with E-state index in [9.17, 15) is 14.4 Å². The van der Waals surface area contributed by atoms with Gasteiger partial charge in [-0.05, 0) is 6.42 Å². The first-order chi connectivity index (χ1) is 7.10. The minimum Gasteiger partial charge on any atom is -0.321 e. The van der Waals surface area contributed by atoms with E-state index in [1.165, 1.54) is 4.90 Å². The van der Waals surface area contributed by atoms with Crippen molar-refractivity contribution < 1.29 is 14.4 Å². The highest BCUT2D eigenvalue weighted by atomic mass is 35.5. The number of nitrogens with one attached hydrogen (secondary N) is 1. The summed E-state index contributed by atoms with van der Waals surface area (Å²) in [5.74, 6) is -0.897. The fourth-order valence-corrected chi connectivity index (χ4v) is 1.72. The molecule has 1 fully saturated rings. The number of halogens is 1. The van der Waals surface area contributed by atoms with E-state index in [-0.39, 0.29) is 24.8 Å². The van der Waals surface area contributed by atoms with E-state index in [0.717, 1.165) is 0 Å². The number of rotatable bonds is 3. The number of carbonyl (C=O) groups excluding carboxylic acids is 3. The van der Waals surface area contributed by atoms with Gasteiger partial charge >= 0.3 is 0 Å². The van der Waals surface area contributed by atoms with Gasteiger partial charge in [0.25, 0.3) is 0 Å². The van der Waals surface area contributed by atoms with Gasteiger partial charge in [-0.2, -0.15) is 0 Å². The molecule has 1 atom stereocenters. The Labute approximate surface area is 92.8 Å². The van der Waals surface area contributed by atoms with Gasteiger partial charge in [0.15, 0.2) is 0 Å². The largest absolute Gasteiger partial charge is 0.321 e. The van der Waals surface area contributed by atoms with Crippen molar-refractivity contribution in [2.45, 2.75) is 25.8 Å². The predicted octanol–water partition coefficient (Wildman–Crippen LogP) is -0.121. The van der Waals surface area contributed by atoms with Gasteiger partial charge in [0, 0.05) is 12.3 Å². The minimum absolute atomic E-state index is 0.0556. The molecule has 0 aromatic carbocycles. The van der Waals surface area contributed by atoms with Crippen LogP contribution < -0.4 is 5.32 Å². The average molecular weight is 233 g/mol. The third-order valence-corrected chi connectivity index (χ3v) is 2.46. The van der Waals surface area contributed by atoms with Crippen molar-refractivity contribution in [2.75, 3.05) is 12.4 Å². The average Bonchev–Trinajstić information content (AvgIpc) is 2.17. The van der Waals surface area contributed by atoms with Gasteiger partial charge in [-0.15, -0.1) is 11.6 Å². The van der Waals surface area contributed by atoms with Gasteiger partial charge in [0.1, 0.15) is 12.6 Å². The second-order valence-electron chi connectivity index (χ2n) is 3.30. The molecule has 3 amide bonds. The van der Waals surface area contributed by atoms with Crippen molar-refractivity contribution in [3.05, 3.63) is 0 Å². The van der Waals surface area contributed by atoms with Crippen molar-refractivity contribution in [3.63, 3.8) is 0 Å². The highest BCUT2D eigenvalue weighted by Crippen LogP contribution is 2.10. The Hall–Kier alpha value is -1.10. The second-order valence-corrected chi connectivity index (χ2v) is 3.68. The summed E-state index contributed by atoms with van der Waals surface area (Å²) in [5, 5.41) is 2.20. The predicted molar refractivity (Wildman–Crippen MR) is 54.3 cm³/mol. The fraction of sp³-hybridized carbons (Fsp3) is 0.667. The van der Waals surface area contributed by atoms with Crippen LogP contribution in [0.3, 0.4) is 0 Å². The maximum Gasteiger partial charge on any atom is 0.249 e. The summed E-state index contributed by atoms with van der Waals surface area (Å²) in [5.41, 5.74) is 0. The summed E-state index contributed by atoms with van der Waals surface area (Å²) in [6, 6.07) is -0.543. The minimum atomic E-state index is -0.543. The lowest BCUT2D eigenvalue weighted by Crippen LogP contribution is -2.59. The molecular formula is C9H13ClN2O3. The molecule has 1 heterocycles. The van der Waals surface area contributed by atoms with Crippen LogP contribution in [0.25, 0.3) is 0 Å².